The molecular weight excluding hydrogens is 778 g/mol. The van der Waals surface area contributed by atoms with Gasteiger partial charge in [-0.15, -0.1) is 0 Å². The first-order valence-electron chi connectivity index (χ1n) is 19.1. The van der Waals surface area contributed by atoms with Crippen LogP contribution in [0, 0.1) is 23.7 Å². The fourth-order valence-corrected chi connectivity index (χ4v) is 8.58. The van der Waals surface area contributed by atoms with E-state index in [1.807, 2.05) is 32.9 Å². The molecule has 0 aromatic heterocycles. The van der Waals surface area contributed by atoms with E-state index in [2.05, 4.69) is 0 Å². The first-order valence-corrected chi connectivity index (χ1v) is 19.1. The third-order valence-corrected chi connectivity index (χ3v) is 11.5. The molecule has 4 unspecified atom stereocenters. The lowest BCUT2D eigenvalue weighted by Gasteiger charge is -2.38. The number of hydrogen-bond donors (Lipinski definition) is 0. The number of imide groups is 2. The average molecular weight is 821 g/mol. The number of anilines is 1. The Hall–Kier alpha value is -5.66. The smallest absolute Gasteiger partial charge is 0.411 e. The SMILES string of the molecule is CC(C)(C)c1ccc(Oc2ccc(C(c3ccc(Oc4ccc(N5C(=O)C6CC7C(=O)N(C(C)(C)C)C(=O)C7CC6C5=O)cc4)cc3)(C(F)(F)F)C(F)(F)F)cc2)cc1. The second kappa shape index (κ2) is 14.3. The van der Waals surface area contributed by atoms with Crippen molar-refractivity contribution < 1.29 is 55.0 Å². The van der Waals surface area contributed by atoms with Crippen molar-refractivity contribution in [3.63, 3.8) is 0 Å². The molecule has 2 aliphatic heterocycles. The summed E-state index contributed by atoms with van der Waals surface area (Å²) in [6.07, 6.45) is -11.5. The van der Waals surface area contributed by atoms with Crippen LogP contribution in [0.5, 0.6) is 23.0 Å². The predicted octanol–water partition coefficient (Wildman–Crippen LogP) is 10.3. The summed E-state index contributed by atoms with van der Waals surface area (Å²) in [5, 5.41) is 0. The van der Waals surface area contributed by atoms with Gasteiger partial charge in [-0.05, 0) is 116 Å². The van der Waals surface area contributed by atoms with Gasteiger partial charge in [0.1, 0.15) is 23.0 Å². The van der Waals surface area contributed by atoms with E-state index in [0.29, 0.717) is 17.9 Å². The van der Waals surface area contributed by atoms with Crippen molar-refractivity contribution in [3.8, 4) is 23.0 Å². The minimum atomic E-state index is -5.81. The fourth-order valence-electron chi connectivity index (χ4n) is 8.58. The van der Waals surface area contributed by atoms with Gasteiger partial charge in [0.25, 0.3) is 0 Å². The summed E-state index contributed by atoms with van der Waals surface area (Å²) in [4.78, 5) is 55.8. The number of alkyl halides is 6. The third-order valence-electron chi connectivity index (χ3n) is 11.5. The molecule has 3 aliphatic rings. The maximum atomic E-state index is 14.9. The Balaban J connectivity index is 1.07. The quantitative estimate of drug-likeness (QED) is 0.136. The van der Waals surface area contributed by atoms with Crippen molar-refractivity contribution in [2.75, 3.05) is 4.90 Å². The maximum Gasteiger partial charge on any atom is 0.411 e. The number of benzene rings is 4. The minimum absolute atomic E-state index is 0.0463. The normalized spacial score (nSPS) is 21.5. The van der Waals surface area contributed by atoms with Crippen LogP contribution >= 0.6 is 0 Å². The highest BCUT2D eigenvalue weighted by Gasteiger charge is 2.72. The lowest BCUT2D eigenvalue weighted by Crippen LogP contribution is -2.54. The highest BCUT2D eigenvalue weighted by atomic mass is 19.4. The van der Waals surface area contributed by atoms with Gasteiger partial charge in [0.15, 0.2) is 0 Å². The molecule has 1 saturated carbocycles. The summed E-state index contributed by atoms with van der Waals surface area (Å²) >= 11 is 0. The van der Waals surface area contributed by atoms with Crippen molar-refractivity contribution in [3.05, 3.63) is 114 Å². The van der Waals surface area contributed by atoms with Crippen LogP contribution in [-0.2, 0) is 30.0 Å². The zero-order valence-corrected chi connectivity index (χ0v) is 33.1. The molecule has 14 heteroatoms. The largest absolute Gasteiger partial charge is 0.457 e. The predicted molar refractivity (Wildman–Crippen MR) is 205 cm³/mol. The number of fused-ring (bicyclic) bond motifs is 2. The van der Waals surface area contributed by atoms with E-state index in [1.54, 1.807) is 32.9 Å². The fraction of sp³-hybridized carbons (Fsp3) is 0.378. The third kappa shape index (κ3) is 7.14. The molecule has 0 radical (unpaired) electrons. The highest BCUT2D eigenvalue weighted by Crippen LogP contribution is 2.57. The lowest BCUT2D eigenvalue weighted by atomic mass is 9.70. The second-order valence-corrected chi connectivity index (χ2v) is 17.4. The number of hydrogen-bond acceptors (Lipinski definition) is 6. The minimum Gasteiger partial charge on any atom is -0.457 e. The Bertz CT molecular complexity index is 2220. The van der Waals surface area contributed by atoms with Gasteiger partial charge in [0, 0.05) is 5.54 Å². The zero-order chi connectivity index (χ0) is 43.0. The van der Waals surface area contributed by atoms with Crippen LogP contribution in [0.25, 0.3) is 0 Å². The van der Waals surface area contributed by atoms with Gasteiger partial charge in [-0.25, -0.2) is 0 Å². The van der Waals surface area contributed by atoms with E-state index in [-0.39, 0.29) is 53.0 Å². The van der Waals surface area contributed by atoms with Crippen LogP contribution in [0.2, 0.25) is 0 Å². The molecule has 3 fully saturated rings. The molecule has 4 amide bonds. The number of nitrogens with zero attached hydrogens (tertiary/aromatic N) is 2. The van der Waals surface area contributed by atoms with Gasteiger partial charge in [0.05, 0.1) is 29.4 Å². The summed E-state index contributed by atoms with van der Waals surface area (Å²) in [5.74, 6) is -4.19. The monoisotopic (exact) mass is 820 g/mol. The van der Waals surface area contributed by atoms with E-state index < -0.39 is 69.9 Å². The topological polar surface area (TPSA) is 93.2 Å². The number of amides is 4. The van der Waals surface area contributed by atoms with Crippen LogP contribution in [0.15, 0.2) is 97.1 Å². The van der Waals surface area contributed by atoms with Crippen molar-refractivity contribution >= 4 is 29.3 Å². The second-order valence-electron chi connectivity index (χ2n) is 17.4. The first kappa shape index (κ1) is 41.5. The van der Waals surface area contributed by atoms with E-state index in [9.17, 15) is 45.5 Å². The number of rotatable bonds is 7. The Labute approximate surface area is 337 Å². The van der Waals surface area contributed by atoms with Gasteiger partial charge in [-0.1, -0.05) is 57.2 Å². The summed E-state index contributed by atoms with van der Waals surface area (Å²) < 4.78 is 101. The maximum absolute atomic E-state index is 14.9. The standard InChI is InChI=1S/C45H42F6N2O6/c1-41(2,3)25-7-15-29(16-8-25)58-30-17-9-26(10-18-30)43(44(46,47)48,45(49,50)51)27-11-19-31(20-12-27)59-32-21-13-28(14-22-32)52-37(54)33-23-35-36(24-34(33)38(52)55)40(57)53(39(35)56)42(4,5)6/h7-22,33-36H,23-24H2,1-6H3. The van der Waals surface area contributed by atoms with Gasteiger partial charge in [-0.3, -0.25) is 29.0 Å². The van der Waals surface area contributed by atoms with E-state index in [1.165, 1.54) is 29.2 Å². The Morgan fingerprint density at radius 3 is 1.07 bits per heavy atom. The molecule has 1 aliphatic carbocycles. The average Bonchev–Trinajstić information content (AvgIpc) is 3.54. The van der Waals surface area contributed by atoms with Crippen LogP contribution in [-0.4, -0.2) is 46.4 Å². The number of halogens is 6. The molecule has 2 heterocycles. The molecule has 310 valence electrons. The van der Waals surface area contributed by atoms with Crippen molar-refractivity contribution in [2.24, 2.45) is 23.7 Å². The molecule has 2 saturated heterocycles. The number of carbonyl (C=O) groups excluding carboxylic acids is 4. The van der Waals surface area contributed by atoms with Gasteiger partial charge in [0.2, 0.25) is 29.0 Å². The zero-order valence-electron chi connectivity index (χ0n) is 33.1. The number of likely N-dealkylation sites (tertiary alicyclic amines) is 1. The molecule has 4 atom stereocenters. The molecule has 4 aromatic carbocycles. The van der Waals surface area contributed by atoms with Crippen molar-refractivity contribution in [2.45, 2.75) is 83.1 Å². The summed E-state index contributed by atoms with van der Waals surface area (Å²) in [6.45, 7) is 11.3. The first-order chi connectivity index (χ1) is 27.4. The van der Waals surface area contributed by atoms with Crippen LogP contribution < -0.4 is 14.4 Å². The molecule has 8 nitrogen and oxygen atoms in total. The van der Waals surface area contributed by atoms with Crippen LogP contribution in [0.3, 0.4) is 0 Å². The molecular formula is C45H42F6N2O6. The van der Waals surface area contributed by atoms with Gasteiger partial charge in [-0.2, -0.15) is 26.3 Å². The summed E-state index contributed by atoms with van der Waals surface area (Å²) in [6, 6.07) is 19.7. The van der Waals surface area contributed by atoms with E-state index in [0.717, 1.165) is 46.9 Å². The molecule has 4 aromatic rings. The summed E-state index contributed by atoms with van der Waals surface area (Å²) in [7, 11) is 0. The molecule has 59 heavy (non-hydrogen) atoms. The lowest BCUT2D eigenvalue weighted by molar-refractivity contribution is -0.288. The van der Waals surface area contributed by atoms with E-state index >= 15 is 0 Å². The summed E-state index contributed by atoms with van der Waals surface area (Å²) in [5.41, 5.74) is -6.21. The Kier molecular flexibility index (Phi) is 10.0. The molecule has 0 N–H and O–H groups in total. The Morgan fingerprint density at radius 2 is 0.763 bits per heavy atom. The van der Waals surface area contributed by atoms with Crippen molar-refractivity contribution in [1.29, 1.82) is 0 Å². The van der Waals surface area contributed by atoms with Gasteiger partial charge >= 0.3 is 12.4 Å². The molecule has 0 bridgehead atoms. The van der Waals surface area contributed by atoms with E-state index in [4.69, 9.17) is 9.47 Å². The Morgan fingerprint density at radius 1 is 0.458 bits per heavy atom. The van der Waals surface area contributed by atoms with Gasteiger partial charge < -0.3 is 9.47 Å². The van der Waals surface area contributed by atoms with Crippen LogP contribution in [0.1, 0.15) is 71.1 Å². The molecule has 0 spiro atoms. The number of ether oxygens (including phenoxy) is 2. The van der Waals surface area contributed by atoms with Crippen LogP contribution in [0.4, 0.5) is 32.0 Å². The number of carbonyl (C=O) groups is 4. The highest BCUT2D eigenvalue weighted by molar-refractivity contribution is 6.22. The van der Waals surface area contributed by atoms with Crippen molar-refractivity contribution in [1.82, 2.24) is 4.90 Å². The molecule has 7 rings (SSSR count).